The van der Waals surface area contributed by atoms with Gasteiger partial charge in [-0.3, -0.25) is 14.4 Å². The maximum Gasteiger partial charge on any atom is 0.262 e. The number of benzene rings is 3. The molecule has 0 atom stereocenters. The van der Waals surface area contributed by atoms with Gasteiger partial charge in [0, 0.05) is 23.0 Å². The van der Waals surface area contributed by atoms with Crippen molar-refractivity contribution in [3.05, 3.63) is 72.3 Å². The number of methoxy groups -OCH3 is 1. The Morgan fingerprint density at radius 3 is 2.55 bits per heavy atom. The summed E-state index contributed by atoms with van der Waals surface area (Å²) in [6.45, 7) is -0.221. The van der Waals surface area contributed by atoms with Crippen molar-refractivity contribution in [3.63, 3.8) is 0 Å². The lowest BCUT2D eigenvalue weighted by molar-refractivity contribution is -0.119. The van der Waals surface area contributed by atoms with Gasteiger partial charge in [0.05, 0.1) is 12.8 Å². The molecule has 0 spiro atoms. The molecule has 0 fully saturated rings. The Hall–Kier alpha value is -4.53. The molecule has 1 heterocycles. The molecule has 0 saturated carbocycles. The van der Waals surface area contributed by atoms with Crippen LogP contribution in [0.2, 0.25) is 0 Å². The third-order valence-corrected chi connectivity index (χ3v) is 4.71. The van der Waals surface area contributed by atoms with Crippen LogP contribution in [0.5, 0.6) is 17.2 Å². The normalized spacial score (nSPS) is 12.0. The highest BCUT2D eigenvalue weighted by Gasteiger charge is 2.17. The molecule has 0 aliphatic carbocycles. The van der Waals surface area contributed by atoms with Crippen LogP contribution in [0.3, 0.4) is 0 Å². The van der Waals surface area contributed by atoms with Gasteiger partial charge in [-0.2, -0.15) is 0 Å². The fourth-order valence-electron chi connectivity index (χ4n) is 3.11. The molecule has 0 saturated heterocycles. The first-order valence-corrected chi connectivity index (χ1v) is 10.0. The Kier molecular flexibility index (Phi) is 6.40. The predicted molar refractivity (Wildman–Crippen MR) is 122 cm³/mol. The molecule has 9 heteroatoms. The van der Waals surface area contributed by atoms with E-state index in [0.717, 1.165) is 0 Å². The minimum Gasteiger partial charge on any atom is -0.497 e. The van der Waals surface area contributed by atoms with Crippen LogP contribution < -0.4 is 30.2 Å². The highest BCUT2D eigenvalue weighted by atomic mass is 16.5. The molecule has 3 amide bonds. The first kappa shape index (κ1) is 21.7. The van der Waals surface area contributed by atoms with Crippen molar-refractivity contribution in [3.8, 4) is 17.2 Å². The van der Waals surface area contributed by atoms with E-state index in [1.807, 2.05) is 0 Å². The van der Waals surface area contributed by atoms with Gasteiger partial charge in [-0.15, -0.1) is 0 Å². The zero-order chi connectivity index (χ0) is 23.2. The molecule has 0 unspecified atom stereocenters. The van der Waals surface area contributed by atoms with Gasteiger partial charge < -0.3 is 30.2 Å². The van der Waals surface area contributed by atoms with Crippen LogP contribution in [-0.2, 0) is 9.59 Å². The maximum absolute atomic E-state index is 12.5. The largest absolute Gasteiger partial charge is 0.497 e. The van der Waals surface area contributed by atoms with Gasteiger partial charge in [0.2, 0.25) is 0 Å². The molecule has 1 aliphatic heterocycles. The zero-order valence-electron chi connectivity index (χ0n) is 17.7. The zero-order valence-corrected chi connectivity index (χ0v) is 17.7. The van der Waals surface area contributed by atoms with Crippen molar-refractivity contribution in [2.75, 3.05) is 36.3 Å². The summed E-state index contributed by atoms with van der Waals surface area (Å²) in [5.41, 5.74) is 2.02. The van der Waals surface area contributed by atoms with E-state index in [2.05, 4.69) is 16.0 Å². The van der Waals surface area contributed by atoms with Crippen molar-refractivity contribution in [1.82, 2.24) is 0 Å². The molecule has 3 N–H and O–H groups in total. The Balaban J connectivity index is 1.30. The third kappa shape index (κ3) is 5.59. The minimum atomic E-state index is -0.333. The first-order chi connectivity index (χ1) is 16.0. The smallest absolute Gasteiger partial charge is 0.262 e. The van der Waals surface area contributed by atoms with E-state index in [0.29, 0.717) is 39.9 Å². The summed E-state index contributed by atoms with van der Waals surface area (Å²) in [4.78, 5) is 36.1. The maximum atomic E-state index is 12.5. The number of fused-ring (bicyclic) bond motifs is 1. The lowest BCUT2D eigenvalue weighted by Crippen LogP contribution is -2.25. The molecule has 9 nitrogen and oxygen atoms in total. The number of ether oxygens (including phenoxy) is 3. The molecule has 3 aromatic rings. The highest BCUT2D eigenvalue weighted by Crippen LogP contribution is 2.30. The third-order valence-electron chi connectivity index (χ3n) is 4.71. The van der Waals surface area contributed by atoms with Crippen molar-refractivity contribution in [1.29, 1.82) is 0 Å². The van der Waals surface area contributed by atoms with Crippen LogP contribution in [0.4, 0.5) is 17.1 Å². The standard InChI is InChI=1S/C24H21N3O6/c1-31-19-4-2-3-16(11-19)25-22(28)13-32-18-8-5-15(6-9-18)24(30)26-17-7-10-21-20(12-17)27-23(29)14-33-21/h2-12H,13-14H2,1H3,(H,25,28)(H,26,30)(H,27,29). The second-order valence-corrected chi connectivity index (χ2v) is 7.10. The first-order valence-electron chi connectivity index (χ1n) is 10.0. The van der Waals surface area contributed by atoms with Gasteiger partial charge >= 0.3 is 0 Å². The number of carbonyl (C=O) groups excluding carboxylic acids is 3. The lowest BCUT2D eigenvalue weighted by atomic mass is 10.2. The summed E-state index contributed by atoms with van der Waals surface area (Å²) in [5.74, 6) is 0.717. The summed E-state index contributed by atoms with van der Waals surface area (Å²) < 4.78 is 15.9. The van der Waals surface area contributed by atoms with Crippen LogP contribution in [0.25, 0.3) is 0 Å². The number of nitrogens with one attached hydrogen (secondary N) is 3. The fraction of sp³-hybridized carbons (Fsp3) is 0.125. The average molecular weight is 447 g/mol. The van der Waals surface area contributed by atoms with Crippen LogP contribution in [-0.4, -0.2) is 38.0 Å². The molecule has 0 aromatic heterocycles. The molecule has 4 rings (SSSR count). The SMILES string of the molecule is COc1cccc(NC(=O)COc2ccc(C(=O)Nc3ccc4c(c3)NC(=O)CO4)cc2)c1. The Morgan fingerprint density at radius 2 is 1.76 bits per heavy atom. The Labute approximate surface area is 189 Å². The van der Waals surface area contributed by atoms with Crippen LogP contribution in [0.15, 0.2) is 66.7 Å². The summed E-state index contributed by atoms with van der Waals surface area (Å²) >= 11 is 0. The van der Waals surface area contributed by atoms with E-state index in [1.54, 1.807) is 73.8 Å². The molecule has 168 valence electrons. The van der Waals surface area contributed by atoms with Crippen LogP contribution in [0, 0.1) is 0 Å². The lowest BCUT2D eigenvalue weighted by Gasteiger charge is -2.18. The number of rotatable bonds is 7. The number of anilines is 3. The minimum absolute atomic E-state index is 0.0320. The van der Waals surface area contributed by atoms with E-state index in [-0.39, 0.29) is 30.9 Å². The van der Waals surface area contributed by atoms with Gasteiger partial charge in [0.25, 0.3) is 17.7 Å². The molecular formula is C24H21N3O6. The van der Waals surface area contributed by atoms with E-state index in [1.165, 1.54) is 0 Å². The molecular weight excluding hydrogens is 426 g/mol. The van der Waals surface area contributed by atoms with Gasteiger partial charge in [0.1, 0.15) is 17.2 Å². The number of amides is 3. The fourth-order valence-corrected chi connectivity index (χ4v) is 3.11. The van der Waals surface area contributed by atoms with Gasteiger partial charge in [-0.05, 0) is 54.6 Å². The molecule has 0 bridgehead atoms. The Morgan fingerprint density at radius 1 is 0.970 bits per heavy atom. The number of hydrogen-bond donors (Lipinski definition) is 3. The van der Waals surface area contributed by atoms with Crippen LogP contribution >= 0.6 is 0 Å². The van der Waals surface area contributed by atoms with E-state index in [9.17, 15) is 14.4 Å². The van der Waals surface area contributed by atoms with Crippen LogP contribution in [0.1, 0.15) is 10.4 Å². The second-order valence-electron chi connectivity index (χ2n) is 7.10. The van der Waals surface area contributed by atoms with E-state index < -0.39 is 0 Å². The topological polar surface area (TPSA) is 115 Å². The van der Waals surface area contributed by atoms with Crippen molar-refractivity contribution in [2.45, 2.75) is 0 Å². The number of carbonyl (C=O) groups is 3. The average Bonchev–Trinajstić information content (AvgIpc) is 2.83. The molecule has 1 aliphatic rings. The molecule has 33 heavy (non-hydrogen) atoms. The van der Waals surface area contributed by atoms with E-state index in [4.69, 9.17) is 14.2 Å². The monoisotopic (exact) mass is 447 g/mol. The van der Waals surface area contributed by atoms with Crippen molar-refractivity contribution >= 4 is 34.8 Å². The van der Waals surface area contributed by atoms with Crippen molar-refractivity contribution < 1.29 is 28.6 Å². The van der Waals surface area contributed by atoms with Gasteiger partial charge in [0.15, 0.2) is 13.2 Å². The summed E-state index contributed by atoms with van der Waals surface area (Å²) in [6, 6.07) is 18.4. The van der Waals surface area contributed by atoms with Gasteiger partial charge in [-0.25, -0.2) is 0 Å². The summed E-state index contributed by atoms with van der Waals surface area (Å²) in [5, 5.41) is 8.19. The second kappa shape index (κ2) is 9.73. The predicted octanol–water partition coefficient (Wildman–Crippen LogP) is 3.30. The van der Waals surface area contributed by atoms with Crippen molar-refractivity contribution in [2.24, 2.45) is 0 Å². The molecule has 3 aromatic carbocycles. The quantitative estimate of drug-likeness (QED) is 0.512. The number of hydrogen-bond acceptors (Lipinski definition) is 6. The summed E-state index contributed by atoms with van der Waals surface area (Å²) in [6.07, 6.45) is 0. The van der Waals surface area contributed by atoms with Gasteiger partial charge in [-0.1, -0.05) is 6.07 Å². The Bertz CT molecular complexity index is 1190. The molecule has 0 radical (unpaired) electrons. The summed E-state index contributed by atoms with van der Waals surface area (Å²) in [7, 11) is 1.55. The van der Waals surface area contributed by atoms with E-state index >= 15 is 0 Å². The highest BCUT2D eigenvalue weighted by molar-refractivity contribution is 6.05.